The van der Waals surface area contributed by atoms with Crippen LogP contribution < -0.4 is 11.1 Å². The van der Waals surface area contributed by atoms with Gasteiger partial charge < -0.3 is 16.3 Å². The van der Waals surface area contributed by atoms with Crippen LogP contribution in [-0.2, 0) is 4.79 Å². The lowest BCUT2D eigenvalue weighted by atomic mass is 9.88. The number of nitrogens with one attached hydrogen (secondary N) is 1. The molecule has 0 heterocycles. The Hall–Kier alpha value is -1.26. The molecule has 1 saturated carbocycles. The number of amidine groups is 1. The van der Waals surface area contributed by atoms with E-state index in [-0.39, 0.29) is 29.6 Å². The highest BCUT2D eigenvalue weighted by Gasteiger charge is 2.26. The molecule has 1 aliphatic rings. The van der Waals surface area contributed by atoms with Crippen LogP contribution in [0.1, 0.15) is 46.0 Å². The summed E-state index contributed by atoms with van der Waals surface area (Å²) in [6.45, 7) is 3.87. The van der Waals surface area contributed by atoms with Gasteiger partial charge in [-0.3, -0.25) is 4.79 Å². The Bertz CT molecular complexity index is 283. The SMILES string of the molecule is CC(C)C(NC(=O)C1CCCCC1)C(N)=NO. The van der Waals surface area contributed by atoms with Crippen LogP contribution >= 0.6 is 0 Å². The zero-order valence-corrected chi connectivity index (χ0v) is 10.6. The molecular weight excluding hydrogens is 218 g/mol. The lowest BCUT2D eigenvalue weighted by Crippen LogP contribution is -2.49. The van der Waals surface area contributed by atoms with E-state index in [4.69, 9.17) is 10.9 Å². The predicted molar refractivity (Wildman–Crippen MR) is 66.8 cm³/mol. The van der Waals surface area contributed by atoms with Crippen molar-refractivity contribution in [2.45, 2.75) is 52.0 Å². The average molecular weight is 241 g/mol. The van der Waals surface area contributed by atoms with Gasteiger partial charge in [0, 0.05) is 5.92 Å². The van der Waals surface area contributed by atoms with Crippen LogP contribution in [0.2, 0.25) is 0 Å². The second-order valence-electron chi connectivity index (χ2n) is 5.09. The molecule has 0 aromatic heterocycles. The Balaban J connectivity index is 2.57. The van der Waals surface area contributed by atoms with Gasteiger partial charge in [0.2, 0.25) is 5.91 Å². The van der Waals surface area contributed by atoms with Crippen molar-refractivity contribution in [2.24, 2.45) is 22.7 Å². The third kappa shape index (κ3) is 3.91. The van der Waals surface area contributed by atoms with Crippen molar-refractivity contribution in [1.82, 2.24) is 5.32 Å². The van der Waals surface area contributed by atoms with Crippen LogP contribution in [0.3, 0.4) is 0 Å². The third-order valence-electron chi connectivity index (χ3n) is 3.37. The molecule has 4 N–H and O–H groups in total. The van der Waals surface area contributed by atoms with Gasteiger partial charge in [0.15, 0.2) is 5.84 Å². The van der Waals surface area contributed by atoms with Gasteiger partial charge in [-0.2, -0.15) is 0 Å². The molecule has 5 heteroatoms. The quantitative estimate of drug-likeness (QED) is 0.301. The van der Waals surface area contributed by atoms with E-state index in [1.54, 1.807) is 0 Å². The van der Waals surface area contributed by atoms with Crippen molar-refractivity contribution in [3.63, 3.8) is 0 Å². The summed E-state index contributed by atoms with van der Waals surface area (Å²) in [5.41, 5.74) is 5.58. The molecule has 17 heavy (non-hydrogen) atoms. The number of oxime groups is 1. The summed E-state index contributed by atoms with van der Waals surface area (Å²) in [5.74, 6) is 0.314. The number of rotatable bonds is 4. The predicted octanol–water partition coefficient (Wildman–Crippen LogP) is 1.45. The van der Waals surface area contributed by atoms with Crippen LogP contribution in [0, 0.1) is 11.8 Å². The van der Waals surface area contributed by atoms with Crippen LogP contribution in [0.5, 0.6) is 0 Å². The number of nitrogens with zero attached hydrogens (tertiary/aromatic N) is 1. The van der Waals surface area contributed by atoms with Crippen molar-refractivity contribution < 1.29 is 10.0 Å². The summed E-state index contributed by atoms with van der Waals surface area (Å²) in [4.78, 5) is 12.0. The van der Waals surface area contributed by atoms with Crippen LogP contribution in [0.15, 0.2) is 5.16 Å². The maximum atomic E-state index is 12.0. The van der Waals surface area contributed by atoms with E-state index in [0.717, 1.165) is 25.7 Å². The number of carbonyl (C=O) groups is 1. The number of hydrogen-bond donors (Lipinski definition) is 3. The van der Waals surface area contributed by atoms with Gasteiger partial charge in [-0.1, -0.05) is 38.3 Å². The summed E-state index contributed by atoms with van der Waals surface area (Å²) in [7, 11) is 0. The van der Waals surface area contributed by atoms with Crippen LogP contribution in [0.4, 0.5) is 0 Å². The van der Waals surface area contributed by atoms with Crippen molar-refractivity contribution >= 4 is 11.7 Å². The van der Waals surface area contributed by atoms with Gasteiger partial charge >= 0.3 is 0 Å². The van der Waals surface area contributed by atoms with Gasteiger partial charge in [-0.05, 0) is 18.8 Å². The summed E-state index contributed by atoms with van der Waals surface area (Å²) < 4.78 is 0. The van der Waals surface area contributed by atoms with Crippen LogP contribution in [0.25, 0.3) is 0 Å². The average Bonchev–Trinajstić information content (AvgIpc) is 2.35. The molecule has 1 amide bonds. The fourth-order valence-corrected chi connectivity index (χ4v) is 2.28. The minimum Gasteiger partial charge on any atom is -0.409 e. The molecule has 1 fully saturated rings. The highest BCUT2D eigenvalue weighted by Crippen LogP contribution is 2.23. The number of nitrogens with two attached hydrogens (primary N) is 1. The molecule has 98 valence electrons. The second-order valence-corrected chi connectivity index (χ2v) is 5.09. The first-order valence-corrected chi connectivity index (χ1v) is 6.34. The first kappa shape index (κ1) is 13.8. The maximum Gasteiger partial charge on any atom is 0.223 e. The summed E-state index contributed by atoms with van der Waals surface area (Å²) in [5, 5.41) is 14.6. The van der Waals surface area contributed by atoms with Crippen molar-refractivity contribution in [1.29, 1.82) is 0 Å². The third-order valence-corrected chi connectivity index (χ3v) is 3.37. The molecule has 0 aromatic rings. The molecule has 1 rings (SSSR count). The van der Waals surface area contributed by atoms with E-state index >= 15 is 0 Å². The second kappa shape index (κ2) is 6.47. The Morgan fingerprint density at radius 2 is 1.94 bits per heavy atom. The molecule has 0 radical (unpaired) electrons. The molecule has 1 aliphatic carbocycles. The molecule has 0 aliphatic heterocycles. The molecular formula is C12H23N3O2. The molecule has 0 aromatic carbocycles. The number of carbonyl (C=O) groups excluding carboxylic acids is 1. The summed E-state index contributed by atoms with van der Waals surface area (Å²) >= 11 is 0. The Labute approximate surface area is 102 Å². The normalized spacial score (nSPS) is 20.3. The van der Waals surface area contributed by atoms with Gasteiger partial charge in [0.05, 0.1) is 6.04 Å². The van der Waals surface area contributed by atoms with Crippen molar-refractivity contribution in [3.8, 4) is 0 Å². The van der Waals surface area contributed by atoms with E-state index in [1.165, 1.54) is 6.42 Å². The van der Waals surface area contributed by atoms with E-state index in [1.807, 2.05) is 13.8 Å². The first-order chi connectivity index (χ1) is 8.06. The lowest BCUT2D eigenvalue weighted by molar-refractivity contribution is -0.126. The zero-order valence-electron chi connectivity index (χ0n) is 10.6. The minimum atomic E-state index is -0.380. The first-order valence-electron chi connectivity index (χ1n) is 6.34. The molecule has 1 unspecified atom stereocenters. The molecule has 0 bridgehead atoms. The monoisotopic (exact) mass is 241 g/mol. The van der Waals surface area contributed by atoms with Crippen LogP contribution in [-0.4, -0.2) is 23.0 Å². The maximum absolute atomic E-state index is 12.0. The largest absolute Gasteiger partial charge is 0.409 e. The number of amides is 1. The van der Waals surface area contributed by atoms with E-state index in [0.29, 0.717) is 0 Å². The Kier molecular flexibility index (Phi) is 5.25. The fraction of sp³-hybridized carbons (Fsp3) is 0.833. The molecule has 0 saturated heterocycles. The highest BCUT2D eigenvalue weighted by molar-refractivity contribution is 5.90. The van der Waals surface area contributed by atoms with E-state index in [9.17, 15) is 4.79 Å². The Morgan fingerprint density at radius 3 is 2.41 bits per heavy atom. The molecule has 5 nitrogen and oxygen atoms in total. The minimum absolute atomic E-state index is 0.0370. The zero-order chi connectivity index (χ0) is 12.8. The van der Waals surface area contributed by atoms with Gasteiger partial charge in [-0.25, -0.2) is 0 Å². The van der Waals surface area contributed by atoms with E-state index < -0.39 is 0 Å². The molecule has 0 spiro atoms. The number of hydrogen-bond acceptors (Lipinski definition) is 3. The lowest BCUT2D eigenvalue weighted by Gasteiger charge is -2.26. The van der Waals surface area contributed by atoms with Gasteiger partial charge in [0.25, 0.3) is 0 Å². The van der Waals surface area contributed by atoms with Crippen molar-refractivity contribution in [3.05, 3.63) is 0 Å². The topological polar surface area (TPSA) is 87.7 Å². The van der Waals surface area contributed by atoms with Gasteiger partial charge in [0.1, 0.15) is 0 Å². The van der Waals surface area contributed by atoms with Gasteiger partial charge in [-0.15, -0.1) is 0 Å². The smallest absolute Gasteiger partial charge is 0.223 e. The Morgan fingerprint density at radius 1 is 1.35 bits per heavy atom. The summed E-state index contributed by atoms with van der Waals surface area (Å²) in [6, 6.07) is -0.380. The standard InChI is InChI=1S/C12H23N3O2/c1-8(2)10(11(13)15-17)14-12(16)9-6-4-3-5-7-9/h8-10,17H,3-7H2,1-2H3,(H2,13,15)(H,14,16). The highest BCUT2D eigenvalue weighted by atomic mass is 16.4. The molecule has 1 atom stereocenters. The fourth-order valence-electron chi connectivity index (χ4n) is 2.28. The van der Waals surface area contributed by atoms with Crippen molar-refractivity contribution in [2.75, 3.05) is 0 Å². The summed E-state index contributed by atoms with van der Waals surface area (Å²) in [6.07, 6.45) is 5.36. The van der Waals surface area contributed by atoms with E-state index in [2.05, 4.69) is 10.5 Å².